The molecule has 0 amide bonds. The molecule has 0 aromatic heterocycles. The average Bonchev–Trinajstić information content (AvgIpc) is 2.80. The molecule has 0 N–H and O–H groups in total. The zero-order valence-corrected chi connectivity index (χ0v) is 10.8. The van der Waals surface area contributed by atoms with Crippen LogP contribution in [0.1, 0.15) is 12.8 Å². The second kappa shape index (κ2) is 4.56. The van der Waals surface area contributed by atoms with Gasteiger partial charge in [0.2, 0.25) is 0 Å². The fourth-order valence-electron chi connectivity index (χ4n) is 2.21. The number of nitro groups is 1. The Kier molecular flexibility index (Phi) is 3.25. The van der Waals surface area contributed by atoms with Crippen molar-refractivity contribution in [2.45, 2.75) is 17.7 Å². The molecule has 2 rings (SSSR count). The predicted octanol–water partition coefficient (Wildman–Crippen LogP) is 1.60. The van der Waals surface area contributed by atoms with Crippen molar-refractivity contribution in [1.82, 2.24) is 0 Å². The summed E-state index contributed by atoms with van der Waals surface area (Å²) in [7, 11) is -3.60. The maximum atomic E-state index is 11.6. The molecule has 0 unspecified atom stereocenters. The van der Waals surface area contributed by atoms with Crippen LogP contribution in [0, 0.1) is 10.1 Å². The number of sulfone groups is 1. The van der Waals surface area contributed by atoms with Crippen LogP contribution in [0.5, 0.6) is 0 Å². The third kappa shape index (κ3) is 2.31. The summed E-state index contributed by atoms with van der Waals surface area (Å²) in [5, 5.41) is 11.2. The summed E-state index contributed by atoms with van der Waals surface area (Å²) in [6.45, 7) is 1.46. The smallest absolute Gasteiger partial charge is 0.311 e. The van der Waals surface area contributed by atoms with E-state index in [1.54, 1.807) is 12.1 Å². The first-order valence-corrected chi connectivity index (χ1v) is 7.53. The molecule has 0 saturated carbocycles. The van der Waals surface area contributed by atoms with E-state index in [0.29, 0.717) is 5.69 Å². The van der Waals surface area contributed by atoms with Gasteiger partial charge in [-0.15, -0.1) is 0 Å². The summed E-state index contributed by atoms with van der Waals surface area (Å²) in [5.74, 6) is 0. The number of anilines is 1. The zero-order chi connectivity index (χ0) is 13.3. The van der Waals surface area contributed by atoms with E-state index in [1.807, 2.05) is 4.90 Å². The predicted molar refractivity (Wildman–Crippen MR) is 67.7 cm³/mol. The van der Waals surface area contributed by atoms with Gasteiger partial charge in [-0.05, 0) is 25.0 Å². The van der Waals surface area contributed by atoms with Gasteiger partial charge in [-0.1, -0.05) is 6.07 Å². The largest absolute Gasteiger partial charge is 0.366 e. The van der Waals surface area contributed by atoms with Gasteiger partial charge in [0, 0.05) is 19.3 Å². The minimum Gasteiger partial charge on any atom is -0.366 e. The first-order chi connectivity index (χ1) is 8.41. The van der Waals surface area contributed by atoms with Gasteiger partial charge in [0.25, 0.3) is 0 Å². The summed E-state index contributed by atoms with van der Waals surface area (Å²) in [6, 6.07) is 4.45. The van der Waals surface area contributed by atoms with Gasteiger partial charge < -0.3 is 4.90 Å². The number of para-hydroxylation sites is 1. The lowest BCUT2D eigenvalue weighted by molar-refractivity contribution is -0.387. The molecule has 0 bridgehead atoms. The van der Waals surface area contributed by atoms with Gasteiger partial charge in [-0.2, -0.15) is 0 Å². The SMILES string of the molecule is CS(=O)(=O)c1cccc(N2CCCC2)c1[N+](=O)[O-]. The third-order valence-corrected chi connectivity index (χ3v) is 4.13. The summed E-state index contributed by atoms with van der Waals surface area (Å²) < 4.78 is 23.2. The Morgan fingerprint density at radius 1 is 1.28 bits per heavy atom. The van der Waals surface area contributed by atoms with E-state index in [9.17, 15) is 18.5 Å². The second-order valence-electron chi connectivity index (χ2n) is 4.35. The van der Waals surface area contributed by atoms with E-state index < -0.39 is 14.8 Å². The lowest BCUT2D eigenvalue weighted by Gasteiger charge is -2.18. The van der Waals surface area contributed by atoms with E-state index in [-0.39, 0.29) is 10.6 Å². The summed E-state index contributed by atoms with van der Waals surface area (Å²) in [4.78, 5) is 12.2. The molecule has 18 heavy (non-hydrogen) atoms. The quantitative estimate of drug-likeness (QED) is 0.615. The van der Waals surface area contributed by atoms with Gasteiger partial charge in [-0.3, -0.25) is 10.1 Å². The lowest BCUT2D eigenvalue weighted by Crippen LogP contribution is -2.20. The standard InChI is InChI=1S/C11H14N2O4S/c1-18(16,17)10-6-4-5-9(11(10)13(14)15)12-7-2-3-8-12/h4-6H,2-3,7-8H2,1H3. The highest BCUT2D eigenvalue weighted by atomic mass is 32.2. The highest BCUT2D eigenvalue weighted by Gasteiger charge is 2.29. The second-order valence-corrected chi connectivity index (χ2v) is 6.33. The van der Waals surface area contributed by atoms with E-state index in [1.165, 1.54) is 6.07 Å². The lowest BCUT2D eigenvalue weighted by atomic mass is 10.2. The fourth-order valence-corrected chi connectivity index (χ4v) is 3.06. The first kappa shape index (κ1) is 12.8. The summed E-state index contributed by atoms with van der Waals surface area (Å²) >= 11 is 0. The maximum absolute atomic E-state index is 11.6. The van der Waals surface area contributed by atoms with Crippen molar-refractivity contribution in [3.05, 3.63) is 28.3 Å². The summed E-state index contributed by atoms with van der Waals surface area (Å²) in [5.41, 5.74) is 0.0994. The van der Waals surface area contributed by atoms with E-state index in [2.05, 4.69) is 0 Å². The molecule has 7 heteroatoms. The molecule has 1 saturated heterocycles. The highest BCUT2D eigenvalue weighted by molar-refractivity contribution is 7.90. The number of nitrogens with zero attached hydrogens (tertiary/aromatic N) is 2. The topological polar surface area (TPSA) is 80.5 Å². The normalized spacial score (nSPS) is 15.9. The molecular weight excluding hydrogens is 256 g/mol. The third-order valence-electron chi connectivity index (χ3n) is 3.01. The molecule has 1 fully saturated rings. The van der Waals surface area contributed by atoms with Crippen LogP contribution in [0.3, 0.4) is 0 Å². The molecule has 1 heterocycles. The van der Waals surface area contributed by atoms with Crippen LogP contribution in [-0.4, -0.2) is 32.7 Å². The molecule has 0 atom stereocenters. The van der Waals surface area contributed by atoms with Crippen molar-refractivity contribution in [3.8, 4) is 0 Å². The van der Waals surface area contributed by atoms with Crippen molar-refractivity contribution in [1.29, 1.82) is 0 Å². The van der Waals surface area contributed by atoms with Crippen LogP contribution in [-0.2, 0) is 9.84 Å². The van der Waals surface area contributed by atoms with Crippen molar-refractivity contribution >= 4 is 21.2 Å². The molecule has 98 valence electrons. The van der Waals surface area contributed by atoms with Crippen LogP contribution in [0.25, 0.3) is 0 Å². The number of hydrogen-bond donors (Lipinski definition) is 0. The molecule has 6 nitrogen and oxygen atoms in total. The molecule has 1 aliphatic rings. The van der Waals surface area contributed by atoms with Crippen LogP contribution >= 0.6 is 0 Å². The molecule has 0 aliphatic carbocycles. The Morgan fingerprint density at radius 2 is 1.89 bits per heavy atom. The number of rotatable bonds is 3. The minimum atomic E-state index is -3.60. The Balaban J connectivity index is 2.63. The maximum Gasteiger partial charge on any atom is 0.311 e. The Labute approximate surface area is 105 Å². The van der Waals surface area contributed by atoms with E-state index in [4.69, 9.17) is 0 Å². The minimum absolute atomic E-state index is 0.211. The first-order valence-electron chi connectivity index (χ1n) is 5.63. The molecule has 1 aromatic rings. The van der Waals surface area contributed by atoms with E-state index >= 15 is 0 Å². The Bertz CT molecular complexity index is 577. The van der Waals surface area contributed by atoms with Gasteiger partial charge in [-0.25, -0.2) is 8.42 Å². The average molecular weight is 270 g/mol. The van der Waals surface area contributed by atoms with Crippen LogP contribution in [0.15, 0.2) is 23.1 Å². The van der Waals surface area contributed by atoms with Gasteiger partial charge in [0.1, 0.15) is 10.6 Å². The molecule has 0 spiro atoms. The fraction of sp³-hybridized carbons (Fsp3) is 0.455. The van der Waals surface area contributed by atoms with Crippen molar-refractivity contribution in [2.75, 3.05) is 24.2 Å². The molecule has 1 aliphatic heterocycles. The van der Waals surface area contributed by atoms with Crippen LogP contribution in [0.4, 0.5) is 11.4 Å². The van der Waals surface area contributed by atoms with Crippen LogP contribution < -0.4 is 4.90 Å². The monoisotopic (exact) mass is 270 g/mol. The Morgan fingerprint density at radius 3 is 2.39 bits per heavy atom. The van der Waals surface area contributed by atoms with Gasteiger partial charge >= 0.3 is 5.69 Å². The Hall–Kier alpha value is -1.63. The van der Waals surface area contributed by atoms with Crippen LogP contribution in [0.2, 0.25) is 0 Å². The zero-order valence-electron chi connectivity index (χ0n) is 10.00. The molecular formula is C11H14N2O4S. The van der Waals surface area contributed by atoms with E-state index in [0.717, 1.165) is 32.2 Å². The van der Waals surface area contributed by atoms with Crippen molar-refractivity contribution in [3.63, 3.8) is 0 Å². The summed E-state index contributed by atoms with van der Waals surface area (Å²) in [6.07, 6.45) is 2.93. The van der Waals surface area contributed by atoms with Gasteiger partial charge in [0.15, 0.2) is 9.84 Å². The van der Waals surface area contributed by atoms with Crippen molar-refractivity contribution in [2.24, 2.45) is 0 Å². The highest BCUT2D eigenvalue weighted by Crippen LogP contribution is 2.35. The van der Waals surface area contributed by atoms with Gasteiger partial charge in [0.05, 0.1) is 4.92 Å². The molecule has 1 aromatic carbocycles. The number of nitro benzene ring substituents is 1. The number of benzene rings is 1. The molecule has 0 radical (unpaired) electrons. The van der Waals surface area contributed by atoms with Crippen molar-refractivity contribution < 1.29 is 13.3 Å². The number of hydrogen-bond acceptors (Lipinski definition) is 5.